The predicted octanol–water partition coefficient (Wildman–Crippen LogP) is 2.73. The van der Waals surface area contributed by atoms with E-state index in [1.54, 1.807) is 17.5 Å². The zero-order chi connectivity index (χ0) is 14.4. The number of hydrogen-bond acceptors (Lipinski definition) is 5. The molecule has 3 aromatic rings. The van der Waals surface area contributed by atoms with E-state index in [9.17, 15) is 8.42 Å². The Kier molecular flexibility index (Phi) is 2.87. The number of fused-ring (bicyclic) bond motifs is 1. The van der Waals surface area contributed by atoms with E-state index in [2.05, 4.69) is 9.97 Å². The van der Waals surface area contributed by atoms with Crippen molar-refractivity contribution in [2.75, 3.05) is 5.75 Å². The number of imidazole rings is 1. The highest BCUT2D eigenvalue weighted by molar-refractivity contribution is 7.91. The van der Waals surface area contributed by atoms with Gasteiger partial charge in [0.05, 0.1) is 5.75 Å². The van der Waals surface area contributed by atoms with Crippen LogP contribution in [0, 0.1) is 0 Å². The van der Waals surface area contributed by atoms with E-state index in [1.165, 1.54) is 0 Å². The summed E-state index contributed by atoms with van der Waals surface area (Å²) in [5.41, 5.74) is 1.46. The highest BCUT2D eigenvalue weighted by atomic mass is 32.2. The van der Waals surface area contributed by atoms with Gasteiger partial charge in [-0.05, 0) is 42.5 Å². The van der Waals surface area contributed by atoms with Crippen molar-refractivity contribution in [1.29, 1.82) is 0 Å². The Labute approximate surface area is 126 Å². The normalized spacial score (nSPS) is 21.0. The number of rotatable bonds is 2. The van der Waals surface area contributed by atoms with Gasteiger partial charge in [0.25, 0.3) is 0 Å². The van der Waals surface area contributed by atoms with Gasteiger partial charge in [-0.25, -0.2) is 18.4 Å². The van der Waals surface area contributed by atoms with E-state index in [-0.39, 0.29) is 5.75 Å². The second kappa shape index (κ2) is 4.64. The molecule has 0 amide bonds. The van der Waals surface area contributed by atoms with Crippen LogP contribution >= 0.6 is 11.3 Å². The minimum Gasteiger partial charge on any atom is -0.270 e. The molecule has 108 valence electrons. The molecule has 21 heavy (non-hydrogen) atoms. The van der Waals surface area contributed by atoms with Crippen LogP contribution in [0.2, 0.25) is 0 Å². The number of pyridine rings is 1. The van der Waals surface area contributed by atoms with E-state index in [0.717, 1.165) is 16.2 Å². The van der Waals surface area contributed by atoms with E-state index >= 15 is 0 Å². The minimum absolute atomic E-state index is 0.249. The summed E-state index contributed by atoms with van der Waals surface area (Å²) in [7, 11) is -3.11. The quantitative estimate of drug-likeness (QED) is 0.728. The Morgan fingerprint density at radius 3 is 2.90 bits per heavy atom. The van der Waals surface area contributed by atoms with Crippen molar-refractivity contribution < 1.29 is 8.42 Å². The lowest BCUT2D eigenvalue weighted by atomic mass is 10.2. The third-order valence-electron chi connectivity index (χ3n) is 3.79. The first-order valence-electron chi connectivity index (χ1n) is 6.75. The number of aromatic nitrogens is 3. The van der Waals surface area contributed by atoms with Crippen LogP contribution < -0.4 is 0 Å². The standard InChI is InChI=1S/C14H13N3O2S2/c18-21(19)9-3-5-11(21)14-16-10-4-1-7-15-13(10)17(14)12-6-2-8-20-12/h1-2,4,6-8,11H,3,5,9H2. The second-order valence-electron chi connectivity index (χ2n) is 5.10. The van der Waals surface area contributed by atoms with Crippen molar-refractivity contribution in [1.82, 2.24) is 14.5 Å². The third kappa shape index (κ3) is 1.99. The molecule has 0 aromatic carbocycles. The number of nitrogens with zero attached hydrogens (tertiary/aromatic N) is 3. The van der Waals surface area contributed by atoms with E-state index < -0.39 is 15.1 Å². The molecule has 4 heterocycles. The van der Waals surface area contributed by atoms with Crippen molar-refractivity contribution in [3.63, 3.8) is 0 Å². The van der Waals surface area contributed by atoms with Crippen LogP contribution in [-0.2, 0) is 9.84 Å². The molecule has 0 spiro atoms. The number of sulfone groups is 1. The van der Waals surface area contributed by atoms with Gasteiger partial charge in [0.15, 0.2) is 15.5 Å². The first-order chi connectivity index (χ1) is 10.2. The molecule has 1 saturated heterocycles. The zero-order valence-electron chi connectivity index (χ0n) is 11.1. The average molecular weight is 319 g/mol. The maximum Gasteiger partial charge on any atom is 0.165 e. The van der Waals surface area contributed by atoms with Crippen molar-refractivity contribution in [2.45, 2.75) is 18.1 Å². The van der Waals surface area contributed by atoms with Crippen LogP contribution in [-0.4, -0.2) is 28.7 Å². The number of thiophene rings is 1. The summed E-state index contributed by atoms with van der Waals surface area (Å²) >= 11 is 1.56. The van der Waals surface area contributed by atoms with Gasteiger partial charge >= 0.3 is 0 Å². The molecule has 7 heteroatoms. The SMILES string of the molecule is O=S1(=O)CCCC1c1nc2cccnc2n1-c1cccs1. The zero-order valence-corrected chi connectivity index (χ0v) is 12.8. The van der Waals surface area contributed by atoms with Crippen LogP contribution in [0.4, 0.5) is 0 Å². The maximum absolute atomic E-state index is 12.3. The predicted molar refractivity (Wildman–Crippen MR) is 82.5 cm³/mol. The van der Waals surface area contributed by atoms with Gasteiger partial charge in [-0.15, -0.1) is 11.3 Å². The Morgan fingerprint density at radius 1 is 1.29 bits per heavy atom. The Bertz CT molecular complexity index is 898. The van der Waals surface area contributed by atoms with Crippen molar-refractivity contribution in [2.24, 2.45) is 0 Å². The Hall–Kier alpha value is -1.73. The molecule has 0 aliphatic carbocycles. The maximum atomic E-state index is 12.3. The first-order valence-corrected chi connectivity index (χ1v) is 9.35. The summed E-state index contributed by atoms with van der Waals surface area (Å²) in [4.78, 5) is 8.96. The van der Waals surface area contributed by atoms with Crippen LogP contribution in [0.25, 0.3) is 16.2 Å². The van der Waals surface area contributed by atoms with E-state index in [1.807, 2.05) is 34.2 Å². The topological polar surface area (TPSA) is 64.8 Å². The van der Waals surface area contributed by atoms with Gasteiger partial charge < -0.3 is 0 Å². The van der Waals surface area contributed by atoms with Gasteiger partial charge in [-0.2, -0.15) is 0 Å². The van der Waals surface area contributed by atoms with Gasteiger partial charge in [0, 0.05) is 6.20 Å². The van der Waals surface area contributed by atoms with Crippen LogP contribution in [0.15, 0.2) is 35.8 Å². The van der Waals surface area contributed by atoms with E-state index in [4.69, 9.17) is 0 Å². The molecule has 1 atom stereocenters. The van der Waals surface area contributed by atoms with Crippen molar-refractivity contribution in [3.05, 3.63) is 41.7 Å². The van der Waals surface area contributed by atoms with Gasteiger partial charge in [-0.3, -0.25) is 4.57 Å². The molecule has 0 bridgehead atoms. The lowest BCUT2D eigenvalue weighted by Crippen LogP contribution is -2.13. The molecule has 1 fully saturated rings. The lowest BCUT2D eigenvalue weighted by Gasteiger charge is -2.11. The second-order valence-corrected chi connectivity index (χ2v) is 8.33. The average Bonchev–Trinajstić information content (AvgIpc) is 3.14. The molecule has 0 radical (unpaired) electrons. The Morgan fingerprint density at radius 2 is 2.19 bits per heavy atom. The molecular weight excluding hydrogens is 306 g/mol. The molecule has 1 unspecified atom stereocenters. The van der Waals surface area contributed by atoms with Crippen LogP contribution in [0.3, 0.4) is 0 Å². The summed E-state index contributed by atoms with van der Waals surface area (Å²) < 4.78 is 26.5. The molecule has 0 N–H and O–H groups in total. The monoisotopic (exact) mass is 319 g/mol. The largest absolute Gasteiger partial charge is 0.270 e. The van der Waals surface area contributed by atoms with Gasteiger partial charge in [0.1, 0.15) is 21.6 Å². The first kappa shape index (κ1) is 13.0. The fourth-order valence-corrected chi connectivity index (χ4v) is 5.44. The molecule has 4 rings (SSSR count). The number of hydrogen-bond donors (Lipinski definition) is 0. The van der Waals surface area contributed by atoms with Gasteiger partial charge in [-0.1, -0.05) is 0 Å². The summed E-state index contributed by atoms with van der Waals surface area (Å²) in [5, 5.41) is 2.40. The molecule has 1 aliphatic rings. The summed E-state index contributed by atoms with van der Waals surface area (Å²) in [6.07, 6.45) is 3.05. The molecular formula is C14H13N3O2S2. The summed E-state index contributed by atoms with van der Waals surface area (Å²) in [5.74, 6) is 0.849. The molecule has 1 aliphatic heterocycles. The smallest absolute Gasteiger partial charge is 0.165 e. The minimum atomic E-state index is -3.11. The van der Waals surface area contributed by atoms with Crippen molar-refractivity contribution >= 4 is 32.3 Å². The van der Waals surface area contributed by atoms with Crippen LogP contribution in [0.1, 0.15) is 23.9 Å². The molecule has 5 nitrogen and oxygen atoms in total. The summed E-state index contributed by atoms with van der Waals surface area (Å²) in [6.45, 7) is 0. The van der Waals surface area contributed by atoms with Gasteiger partial charge in [0.2, 0.25) is 0 Å². The molecule has 3 aromatic heterocycles. The summed E-state index contributed by atoms with van der Waals surface area (Å²) in [6, 6.07) is 7.60. The van der Waals surface area contributed by atoms with Crippen molar-refractivity contribution in [3.8, 4) is 5.00 Å². The highest BCUT2D eigenvalue weighted by Gasteiger charge is 2.37. The highest BCUT2D eigenvalue weighted by Crippen LogP contribution is 2.37. The Balaban J connectivity index is 2.03. The fraction of sp³-hybridized carbons (Fsp3) is 0.286. The van der Waals surface area contributed by atoms with Crippen LogP contribution in [0.5, 0.6) is 0 Å². The third-order valence-corrected chi connectivity index (χ3v) is 6.81. The lowest BCUT2D eigenvalue weighted by molar-refractivity contribution is 0.588. The van der Waals surface area contributed by atoms with E-state index in [0.29, 0.717) is 18.7 Å². The fourth-order valence-electron chi connectivity index (χ4n) is 2.84. The molecule has 0 saturated carbocycles.